The second-order valence-electron chi connectivity index (χ2n) is 8.13. The zero-order chi connectivity index (χ0) is 16.6. The Morgan fingerprint density at radius 3 is 2.75 bits per heavy atom. The maximum Gasteiger partial charge on any atom is 0.222 e. The fourth-order valence-electron chi connectivity index (χ4n) is 4.78. The van der Waals surface area contributed by atoms with Crippen molar-refractivity contribution in [2.75, 3.05) is 39.8 Å². The van der Waals surface area contributed by atoms with E-state index in [2.05, 4.69) is 38.6 Å². The molecular formula is C19H29N3OS. The summed E-state index contributed by atoms with van der Waals surface area (Å²) in [7, 11) is 2.17. The van der Waals surface area contributed by atoms with Gasteiger partial charge in [-0.05, 0) is 80.2 Å². The van der Waals surface area contributed by atoms with Crippen LogP contribution in [0.5, 0.6) is 0 Å². The van der Waals surface area contributed by atoms with Gasteiger partial charge in [-0.15, -0.1) is 0 Å². The van der Waals surface area contributed by atoms with Crippen molar-refractivity contribution in [2.45, 2.75) is 44.7 Å². The van der Waals surface area contributed by atoms with Crippen LogP contribution in [-0.4, -0.2) is 66.4 Å². The highest BCUT2D eigenvalue weighted by atomic mass is 32.1. The summed E-state index contributed by atoms with van der Waals surface area (Å²) in [6.45, 7) is 6.67. The molecule has 4 heterocycles. The third-order valence-corrected chi connectivity index (χ3v) is 7.14. The third kappa shape index (κ3) is 3.39. The Bertz CT molecular complexity index is 565. The van der Waals surface area contributed by atoms with E-state index in [0.717, 1.165) is 45.4 Å². The molecule has 132 valence electrons. The van der Waals surface area contributed by atoms with E-state index in [-0.39, 0.29) is 0 Å². The van der Waals surface area contributed by atoms with Crippen LogP contribution >= 0.6 is 11.3 Å². The Kier molecular flexibility index (Phi) is 4.67. The van der Waals surface area contributed by atoms with Gasteiger partial charge >= 0.3 is 0 Å². The van der Waals surface area contributed by atoms with Crippen LogP contribution in [0.25, 0.3) is 0 Å². The molecule has 0 radical (unpaired) electrons. The van der Waals surface area contributed by atoms with Crippen molar-refractivity contribution in [1.82, 2.24) is 14.7 Å². The summed E-state index contributed by atoms with van der Waals surface area (Å²) < 4.78 is 0. The largest absolute Gasteiger partial charge is 0.338 e. The molecule has 4 nitrogen and oxygen atoms in total. The predicted molar refractivity (Wildman–Crippen MR) is 98.1 cm³/mol. The van der Waals surface area contributed by atoms with Crippen molar-refractivity contribution >= 4 is 17.2 Å². The van der Waals surface area contributed by atoms with Crippen LogP contribution < -0.4 is 0 Å². The van der Waals surface area contributed by atoms with Gasteiger partial charge in [-0.2, -0.15) is 11.3 Å². The topological polar surface area (TPSA) is 26.8 Å². The van der Waals surface area contributed by atoms with E-state index in [1.807, 2.05) is 0 Å². The van der Waals surface area contributed by atoms with Crippen LogP contribution in [0.1, 0.15) is 37.7 Å². The monoisotopic (exact) mass is 347 g/mol. The molecule has 1 amide bonds. The van der Waals surface area contributed by atoms with Crippen molar-refractivity contribution in [2.24, 2.45) is 5.41 Å². The van der Waals surface area contributed by atoms with Crippen molar-refractivity contribution < 1.29 is 4.79 Å². The molecule has 1 spiro atoms. The molecule has 0 bridgehead atoms. The van der Waals surface area contributed by atoms with Gasteiger partial charge in [0.05, 0.1) is 0 Å². The normalized spacial score (nSPS) is 28.8. The van der Waals surface area contributed by atoms with Gasteiger partial charge in [-0.25, -0.2) is 0 Å². The lowest BCUT2D eigenvalue weighted by Crippen LogP contribution is -2.54. The number of carbonyl (C=O) groups is 1. The molecule has 0 N–H and O–H groups in total. The molecule has 0 aromatic carbocycles. The Morgan fingerprint density at radius 2 is 2.08 bits per heavy atom. The van der Waals surface area contributed by atoms with E-state index in [1.165, 1.54) is 31.5 Å². The summed E-state index contributed by atoms with van der Waals surface area (Å²) in [6.07, 6.45) is 5.54. The average Bonchev–Trinajstić information content (AvgIpc) is 3.24. The number of likely N-dealkylation sites (tertiary alicyclic amines) is 3. The van der Waals surface area contributed by atoms with Crippen LogP contribution in [-0.2, 0) is 11.3 Å². The summed E-state index contributed by atoms with van der Waals surface area (Å²) in [5, 5.41) is 4.44. The smallest absolute Gasteiger partial charge is 0.222 e. The van der Waals surface area contributed by atoms with Gasteiger partial charge in [-0.1, -0.05) is 0 Å². The Labute approximate surface area is 149 Å². The fraction of sp³-hybridized carbons (Fsp3) is 0.737. The molecule has 3 fully saturated rings. The number of piperidine rings is 2. The van der Waals surface area contributed by atoms with E-state index in [9.17, 15) is 4.79 Å². The summed E-state index contributed by atoms with van der Waals surface area (Å²) in [5.74, 6) is 0.404. The lowest BCUT2D eigenvalue weighted by Gasteiger charge is -2.49. The number of amides is 1. The lowest BCUT2D eigenvalue weighted by atomic mass is 9.72. The maximum absolute atomic E-state index is 12.5. The minimum atomic E-state index is 0.389. The van der Waals surface area contributed by atoms with Crippen LogP contribution in [0.15, 0.2) is 16.8 Å². The van der Waals surface area contributed by atoms with Crippen molar-refractivity contribution in [3.63, 3.8) is 0 Å². The highest BCUT2D eigenvalue weighted by Crippen LogP contribution is 2.41. The minimum absolute atomic E-state index is 0.389. The van der Waals surface area contributed by atoms with Gasteiger partial charge < -0.3 is 9.80 Å². The van der Waals surface area contributed by atoms with Gasteiger partial charge in [-0.3, -0.25) is 9.69 Å². The van der Waals surface area contributed by atoms with Crippen LogP contribution in [0, 0.1) is 5.41 Å². The summed E-state index contributed by atoms with van der Waals surface area (Å²) in [5.41, 5.74) is 1.84. The molecule has 1 aromatic rings. The Hall–Kier alpha value is -0.910. The molecule has 1 atom stereocenters. The minimum Gasteiger partial charge on any atom is -0.338 e. The molecule has 4 rings (SSSR count). The van der Waals surface area contributed by atoms with Gasteiger partial charge in [0, 0.05) is 32.1 Å². The second-order valence-corrected chi connectivity index (χ2v) is 8.91. The highest BCUT2D eigenvalue weighted by molar-refractivity contribution is 7.07. The summed E-state index contributed by atoms with van der Waals surface area (Å²) >= 11 is 1.79. The first-order chi connectivity index (χ1) is 11.6. The van der Waals surface area contributed by atoms with E-state index in [4.69, 9.17) is 0 Å². The highest BCUT2D eigenvalue weighted by Gasteiger charge is 2.43. The zero-order valence-electron chi connectivity index (χ0n) is 14.7. The number of carbonyl (C=O) groups excluding carboxylic acids is 1. The van der Waals surface area contributed by atoms with Gasteiger partial charge in [0.1, 0.15) is 0 Å². The number of rotatable bonds is 3. The third-order valence-electron chi connectivity index (χ3n) is 6.41. The standard InChI is InChI=1S/C19H29N3OS/c1-20-8-3-17(13-20)22-15-19(5-2-18(22)23)6-9-21(10-7-19)12-16-4-11-24-14-16/h4,11,14,17H,2-3,5-10,12-13,15H2,1H3. The molecule has 3 aliphatic rings. The fourth-order valence-corrected chi connectivity index (χ4v) is 5.44. The zero-order valence-corrected chi connectivity index (χ0v) is 15.6. The maximum atomic E-state index is 12.5. The Morgan fingerprint density at radius 1 is 1.25 bits per heavy atom. The molecule has 0 aliphatic carbocycles. The number of hydrogen-bond donors (Lipinski definition) is 0. The molecule has 1 unspecified atom stereocenters. The number of thiophene rings is 1. The lowest BCUT2D eigenvalue weighted by molar-refractivity contribution is -0.142. The predicted octanol–water partition coefficient (Wildman–Crippen LogP) is 2.66. The molecule has 3 saturated heterocycles. The second kappa shape index (κ2) is 6.77. The van der Waals surface area contributed by atoms with Gasteiger partial charge in [0.2, 0.25) is 5.91 Å². The van der Waals surface area contributed by atoms with Crippen molar-refractivity contribution in [3.05, 3.63) is 22.4 Å². The average molecular weight is 348 g/mol. The molecule has 1 aromatic heterocycles. The summed E-state index contributed by atoms with van der Waals surface area (Å²) in [4.78, 5) is 19.7. The molecule has 3 aliphatic heterocycles. The molecule has 24 heavy (non-hydrogen) atoms. The first kappa shape index (κ1) is 16.6. The van der Waals surface area contributed by atoms with E-state index >= 15 is 0 Å². The van der Waals surface area contributed by atoms with Crippen molar-refractivity contribution in [3.8, 4) is 0 Å². The first-order valence-corrected chi connectivity index (χ1v) is 10.3. The van der Waals surface area contributed by atoms with Crippen LogP contribution in [0.3, 0.4) is 0 Å². The number of likely N-dealkylation sites (N-methyl/N-ethyl adjacent to an activating group) is 1. The summed E-state index contributed by atoms with van der Waals surface area (Å²) in [6, 6.07) is 2.70. The first-order valence-electron chi connectivity index (χ1n) is 9.35. The van der Waals surface area contributed by atoms with Gasteiger partial charge in [0.15, 0.2) is 0 Å². The van der Waals surface area contributed by atoms with Crippen molar-refractivity contribution in [1.29, 1.82) is 0 Å². The molecular weight excluding hydrogens is 318 g/mol. The molecule has 5 heteroatoms. The van der Waals surface area contributed by atoms with E-state index in [0.29, 0.717) is 17.4 Å². The van der Waals surface area contributed by atoms with Gasteiger partial charge in [0.25, 0.3) is 0 Å². The SMILES string of the molecule is CN1CCC(N2CC3(CCC2=O)CCN(Cc2ccsc2)CC3)C1. The Balaban J connectivity index is 1.36. The van der Waals surface area contributed by atoms with Crippen LogP contribution in [0.4, 0.5) is 0 Å². The van der Waals surface area contributed by atoms with E-state index in [1.54, 1.807) is 11.3 Å². The molecule has 0 saturated carbocycles. The van der Waals surface area contributed by atoms with E-state index < -0.39 is 0 Å². The quantitative estimate of drug-likeness (QED) is 0.841. The van der Waals surface area contributed by atoms with Crippen LogP contribution in [0.2, 0.25) is 0 Å². The number of nitrogens with zero attached hydrogens (tertiary/aromatic N) is 3. The number of hydrogen-bond acceptors (Lipinski definition) is 4.